The lowest BCUT2D eigenvalue weighted by Crippen LogP contribution is -2.01. The van der Waals surface area contributed by atoms with Crippen molar-refractivity contribution in [2.24, 2.45) is 0 Å². The van der Waals surface area contributed by atoms with Crippen molar-refractivity contribution in [3.05, 3.63) is 28.7 Å². The van der Waals surface area contributed by atoms with Crippen LogP contribution in [0.4, 0.5) is 5.95 Å². The van der Waals surface area contributed by atoms with E-state index in [1.807, 2.05) is 27.7 Å². The quantitative estimate of drug-likeness (QED) is 0.686. The van der Waals surface area contributed by atoms with Gasteiger partial charge in [-0.05, 0) is 45.0 Å². The van der Waals surface area contributed by atoms with Crippen molar-refractivity contribution in [2.45, 2.75) is 37.9 Å². The molecule has 0 aliphatic heterocycles. The van der Waals surface area contributed by atoms with Crippen LogP contribution in [0.25, 0.3) is 0 Å². The SMILES string of the molecule is CNc1ncc(C)c(Sc2nc(C)c(C)c(C)n2)n1. The number of aromatic nitrogens is 4. The van der Waals surface area contributed by atoms with Crippen LogP contribution in [-0.4, -0.2) is 27.0 Å². The number of aryl methyl sites for hydroxylation is 3. The number of anilines is 1. The largest absolute Gasteiger partial charge is 0.357 e. The predicted molar refractivity (Wildman–Crippen MR) is 76.7 cm³/mol. The molecule has 0 saturated heterocycles. The Labute approximate surface area is 117 Å². The minimum atomic E-state index is 0.605. The van der Waals surface area contributed by atoms with Gasteiger partial charge in [0.1, 0.15) is 5.03 Å². The Kier molecular flexibility index (Phi) is 3.99. The summed E-state index contributed by atoms with van der Waals surface area (Å²) < 4.78 is 0. The van der Waals surface area contributed by atoms with Gasteiger partial charge in [0.2, 0.25) is 5.95 Å². The molecule has 2 heterocycles. The minimum Gasteiger partial charge on any atom is -0.357 e. The molecular formula is C13H17N5S. The molecule has 0 spiro atoms. The van der Waals surface area contributed by atoms with Crippen molar-refractivity contribution < 1.29 is 0 Å². The fraction of sp³-hybridized carbons (Fsp3) is 0.385. The fourth-order valence-electron chi connectivity index (χ4n) is 1.52. The van der Waals surface area contributed by atoms with Crippen LogP contribution in [0, 0.1) is 27.7 Å². The summed E-state index contributed by atoms with van der Waals surface area (Å²) in [6, 6.07) is 0. The molecule has 0 aliphatic rings. The van der Waals surface area contributed by atoms with Gasteiger partial charge in [-0.25, -0.2) is 19.9 Å². The number of nitrogens with zero attached hydrogens (tertiary/aromatic N) is 4. The number of nitrogens with one attached hydrogen (secondary N) is 1. The number of rotatable bonds is 3. The highest BCUT2D eigenvalue weighted by molar-refractivity contribution is 7.99. The molecule has 19 heavy (non-hydrogen) atoms. The molecule has 0 fully saturated rings. The van der Waals surface area contributed by atoms with Crippen LogP contribution < -0.4 is 5.32 Å². The van der Waals surface area contributed by atoms with E-state index in [1.54, 1.807) is 13.2 Å². The van der Waals surface area contributed by atoms with Crippen LogP contribution in [0.3, 0.4) is 0 Å². The molecule has 6 heteroatoms. The van der Waals surface area contributed by atoms with Gasteiger partial charge in [-0.1, -0.05) is 0 Å². The maximum atomic E-state index is 4.50. The third kappa shape index (κ3) is 3.01. The third-order valence-electron chi connectivity index (χ3n) is 2.95. The molecule has 100 valence electrons. The Bertz CT molecular complexity index is 589. The maximum absolute atomic E-state index is 4.50. The van der Waals surface area contributed by atoms with E-state index in [4.69, 9.17) is 0 Å². The molecule has 2 aromatic heterocycles. The average molecular weight is 275 g/mol. The average Bonchev–Trinajstić information content (AvgIpc) is 2.38. The van der Waals surface area contributed by atoms with Gasteiger partial charge < -0.3 is 5.32 Å². The first-order chi connectivity index (χ1) is 9.01. The maximum Gasteiger partial charge on any atom is 0.223 e. The van der Waals surface area contributed by atoms with E-state index in [2.05, 4.69) is 25.3 Å². The van der Waals surface area contributed by atoms with Crippen molar-refractivity contribution in [1.29, 1.82) is 0 Å². The summed E-state index contributed by atoms with van der Waals surface area (Å²) >= 11 is 1.47. The second-order valence-corrected chi connectivity index (χ2v) is 5.29. The van der Waals surface area contributed by atoms with E-state index in [0.29, 0.717) is 5.95 Å². The summed E-state index contributed by atoms with van der Waals surface area (Å²) in [5.41, 5.74) is 4.18. The van der Waals surface area contributed by atoms with E-state index < -0.39 is 0 Å². The van der Waals surface area contributed by atoms with Crippen LogP contribution in [0.5, 0.6) is 0 Å². The van der Waals surface area contributed by atoms with Gasteiger partial charge in [-0.2, -0.15) is 0 Å². The highest BCUT2D eigenvalue weighted by Crippen LogP contribution is 2.27. The summed E-state index contributed by atoms with van der Waals surface area (Å²) in [5, 5.41) is 4.54. The minimum absolute atomic E-state index is 0.605. The molecule has 0 aliphatic carbocycles. The third-order valence-corrected chi connectivity index (χ3v) is 3.92. The molecule has 0 radical (unpaired) electrons. The summed E-state index contributed by atoms with van der Waals surface area (Å²) in [5.74, 6) is 0.605. The topological polar surface area (TPSA) is 63.6 Å². The van der Waals surface area contributed by atoms with Gasteiger partial charge in [0.25, 0.3) is 0 Å². The van der Waals surface area contributed by atoms with Crippen molar-refractivity contribution in [2.75, 3.05) is 12.4 Å². The lowest BCUT2D eigenvalue weighted by molar-refractivity contribution is 0.875. The fourth-order valence-corrected chi connectivity index (χ4v) is 2.41. The predicted octanol–water partition coefficient (Wildman–Crippen LogP) is 2.69. The zero-order chi connectivity index (χ0) is 14.0. The van der Waals surface area contributed by atoms with E-state index in [-0.39, 0.29) is 0 Å². The number of hydrogen-bond donors (Lipinski definition) is 1. The van der Waals surface area contributed by atoms with Crippen molar-refractivity contribution in [3.63, 3.8) is 0 Å². The Morgan fingerprint density at radius 3 is 2.21 bits per heavy atom. The smallest absolute Gasteiger partial charge is 0.223 e. The van der Waals surface area contributed by atoms with E-state index in [9.17, 15) is 0 Å². The number of hydrogen-bond acceptors (Lipinski definition) is 6. The molecule has 1 N–H and O–H groups in total. The first-order valence-electron chi connectivity index (χ1n) is 6.02. The Morgan fingerprint density at radius 1 is 1.00 bits per heavy atom. The van der Waals surface area contributed by atoms with Crippen molar-refractivity contribution in [1.82, 2.24) is 19.9 Å². The van der Waals surface area contributed by atoms with E-state index >= 15 is 0 Å². The van der Waals surface area contributed by atoms with Gasteiger partial charge in [-0.15, -0.1) is 0 Å². The normalized spacial score (nSPS) is 10.6. The molecule has 0 unspecified atom stereocenters. The first-order valence-corrected chi connectivity index (χ1v) is 6.84. The molecule has 5 nitrogen and oxygen atoms in total. The Balaban J connectivity index is 2.36. The zero-order valence-corrected chi connectivity index (χ0v) is 12.6. The van der Waals surface area contributed by atoms with Gasteiger partial charge >= 0.3 is 0 Å². The van der Waals surface area contributed by atoms with Crippen LogP contribution in [0.2, 0.25) is 0 Å². The second-order valence-electron chi connectivity index (χ2n) is 4.34. The molecule has 2 rings (SSSR count). The standard InChI is InChI=1S/C13H17N5S/c1-7-6-15-12(14-5)18-11(7)19-13-16-9(3)8(2)10(4)17-13/h6H,1-5H3,(H,14,15,18). The van der Waals surface area contributed by atoms with Gasteiger partial charge in [0.05, 0.1) is 0 Å². The molecule has 0 bridgehead atoms. The van der Waals surface area contributed by atoms with Crippen LogP contribution in [-0.2, 0) is 0 Å². The molecule has 0 atom stereocenters. The van der Waals surface area contributed by atoms with Gasteiger partial charge in [-0.3, -0.25) is 0 Å². The van der Waals surface area contributed by atoms with Crippen LogP contribution in [0.15, 0.2) is 16.4 Å². The summed E-state index contributed by atoms with van der Waals surface area (Å²) in [6.45, 7) is 8.02. The lowest BCUT2D eigenvalue weighted by atomic mass is 10.2. The molecular weight excluding hydrogens is 258 g/mol. The van der Waals surface area contributed by atoms with Crippen molar-refractivity contribution >= 4 is 17.7 Å². The highest BCUT2D eigenvalue weighted by Gasteiger charge is 2.10. The summed E-state index contributed by atoms with van der Waals surface area (Å²) in [7, 11) is 1.80. The summed E-state index contributed by atoms with van der Waals surface area (Å²) in [6.07, 6.45) is 1.80. The zero-order valence-electron chi connectivity index (χ0n) is 11.8. The second kappa shape index (κ2) is 5.52. The Hall–Kier alpha value is -1.69. The van der Waals surface area contributed by atoms with Crippen LogP contribution >= 0.6 is 11.8 Å². The molecule has 0 amide bonds. The molecule has 0 aromatic carbocycles. The highest BCUT2D eigenvalue weighted by atomic mass is 32.2. The Morgan fingerprint density at radius 2 is 1.63 bits per heavy atom. The molecule has 0 saturated carbocycles. The lowest BCUT2D eigenvalue weighted by Gasteiger charge is -2.08. The van der Waals surface area contributed by atoms with Gasteiger partial charge in [0, 0.05) is 30.2 Å². The van der Waals surface area contributed by atoms with Gasteiger partial charge in [0.15, 0.2) is 5.16 Å². The van der Waals surface area contributed by atoms with Crippen LogP contribution in [0.1, 0.15) is 22.5 Å². The van der Waals surface area contributed by atoms with E-state index in [0.717, 1.165) is 32.7 Å². The monoisotopic (exact) mass is 275 g/mol. The first kappa shape index (κ1) is 13.7. The van der Waals surface area contributed by atoms with E-state index in [1.165, 1.54) is 11.8 Å². The molecule has 2 aromatic rings. The summed E-state index contributed by atoms with van der Waals surface area (Å²) in [4.78, 5) is 17.6. The van der Waals surface area contributed by atoms with Crippen molar-refractivity contribution in [3.8, 4) is 0 Å².